The topological polar surface area (TPSA) is 37.4 Å². The fourth-order valence-electron chi connectivity index (χ4n) is 2.33. The van der Waals surface area contributed by atoms with Crippen LogP contribution in [0.25, 0.3) is 0 Å². The van der Waals surface area contributed by atoms with Crippen LogP contribution in [0.1, 0.15) is 36.2 Å². The lowest BCUT2D eigenvalue weighted by molar-refractivity contribution is -0.116. The summed E-state index contributed by atoms with van der Waals surface area (Å²) in [6.45, 7) is 6.03. The molecule has 1 heterocycles. The van der Waals surface area contributed by atoms with Crippen molar-refractivity contribution in [1.29, 1.82) is 0 Å². The second kappa shape index (κ2) is 3.99. The van der Waals surface area contributed by atoms with E-state index in [0.717, 1.165) is 5.56 Å². The molecule has 0 bridgehead atoms. The molecule has 0 saturated carbocycles. The Hall–Kier alpha value is -1.64. The number of rotatable bonds is 1. The monoisotopic (exact) mass is 231 g/mol. The van der Waals surface area contributed by atoms with Gasteiger partial charge in [-0.25, -0.2) is 0 Å². The van der Waals surface area contributed by atoms with Gasteiger partial charge in [0.25, 0.3) is 5.91 Å². The van der Waals surface area contributed by atoms with Gasteiger partial charge in [-0.05, 0) is 32.4 Å². The molecule has 0 spiro atoms. The summed E-state index contributed by atoms with van der Waals surface area (Å²) in [5, 5.41) is 0. The number of likely N-dealkylation sites (tertiary alicyclic amines) is 1. The van der Waals surface area contributed by atoms with E-state index in [-0.39, 0.29) is 23.8 Å². The number of hydrogen-bond acceptors (Lipinski definition) is 2. The zero-order chi connectivity index (χ0) is 12.6. The third kappa shape index (κ3) is 2.09. The second-order valence-electron chi connectivity index (χ2n) is 5.23. The molecule has 1 aromatic rings. The molecule has 1 saturated heterocycles. The van der Waals surface area contributed by atoms with Gasteiger partial charge >= 0.3 is 0 Å². The first kappa shape index (κ1) is 11.8. The number of Topliss-reactive ketones (excluding diaryl/α,β-unsaturated/α-hetero) is 1. The van der Waals surface area contributed by atoms with Gasteiger partial charge in [0.2, 0.25) is 0 Å². The standard InChI is InChI=1S/C14H17NO2/c1-10-6-4-5-7-12(10)13(17)15-9-11(16)8-14(15,2)3/h4-7H,8-9H2,1-3H3. The second-order valence-corrected chi connectivity index (χ2v) is 5.23. The maximum Gasteiger partial charge on any atom is 0.254 e. The number of aryl methyl sites for hydroxylation is 1. The molecule has 3 nitrogen and oxygen atoms in total. The van der Waals surface area contributed by atoms with E-state index < -0.39 is 0 Å². The Morgan fingerprint density at radius 3 is 2.47 bits per heavy atom. The molecule has 1 aromatic carbocycles. The maximum atomic E-state index is 12.4. The summed E-state index contributed by atoms with van der Waals surface area (Å²) < 4.78 is 0. The highest BCUT2D eigenvalue weighted by molar-refractivity contribution is 6.00. The van der Waals surface area contributed by atoms with Crippen molar-refractivity contribution < 1.29 is 9.59 Å². The van der Waals surface area contributed by atoms with Crippen LogP contribution in [0.15, 0.2) is 24.3 Å². The number of carbonyl (C=O) groups excluding carboxylic acids is 2. The van der Waals surface area contributed by atoms with Gasteiger partial charge in [0, 0.05) is 17.5 Å². The average molecular weight is 231 g/mol. The van der Waals surface area contributed by atoms with Crippen LogP contribution in [0.2, 0.25) is 0 Å². The number of hydrogen-bond donors (Lipinski definition) is 0. The molecular weight excluding hydrogens is 214 g/mol. The number of nitrogens with zero attached hydrogens (tertiary/aromatic N) is 1. The van der Waals surface area contributed by atoms with Crippen LogP contribution in [0, 0.1) is 6.92 Å². The van der Waals surface area contributed by atoms with Crippen LogP contribution < -0.4 is 0 Å². The molecule has 0 N–H and O–H groups in total. The van der Waals surface area contributed by atoms with Gasteiger partial charge in [-0.3, -0.25) is 9.59 Å². The van der Waals surface area contributed by atoms with E-state index in [9.17, 15) is 9.59 Å². The molecule has 0 unspecified atom stereocenters. The molecule has 0 radical (unpaired) electrons. The minimum atomic E-state index is -0.365. The molecule has 0 aliphatic carbocycles. The van der Waals surface area contributed by atoms with Crippen molar-refractivity contribution in [1.82, 2.24) is 4.90 Å². The van der Waals surface area contributed by atoms with Crippen molar-refractivity contribution in [2.24, 2.45) is 0 Å². The molecule has 2 rings (SSSR count). The van der Waals surface area contributed by atoms with Crippen molar-refractivity contribution in [3.8, 4) is 0 Å². The van der Waals surface area contributed by atoms with E-state index in [4.69, 9.17) is 0 Å². The lowest BCUT2D eigenvalue weighted by Gasteiger charge is -2.31. The van der Waals surface area contributed by atoms with E-state index in [1.54, 1.807) is 4.90 Å². The first-order valence-electron chi connectivity index (χ1n) is 5.81. The fourth-order valence-corrected chi connectivity index (χ4v) is 2.33. The average Bonchev–Trinajstić information content (AvgIpc) is 2.51. The summed E-state index contributed by atoms with van der Waals surface area (Å²) in [4.78, 5) is 25.6. The highest BCUT2D eigenvalue weighted by Crippen LogP contribution is 2.28. The zero-order valence-corrected chi connectivity index (χ0v) is 10.5. The van der Waals surface area contributed by atoms with Gasteiger partial charge in [0.05, 0.1) is 6.54 Å². The molecule has 1 amide bonds. The van der Waals surface area contributed by atoms with Gasteiger partial charge < -0.3 is 4.90 Å². The van der Waals surface area contributed by atoms with Crippen molar-refractivity contribution >= 4 is 11.7 Å². The van der Waals surface area contributed by atoms with E-state index >= 15 is 0 Å². The smallest absolute Gasteiger partial charge is 0.254 e. The number of carbonyl (C=O) groups is 2. The maximum absolute atomic E-state index is 12.4. The van der Waals surface area contributed by atoms with Gasteiger partial charge in [-0.1, -0.05) is 18.2 Å². The Bertz CT molecular complexity index is 477. The Labute approximate surface area is 101 Å². The third-order valence-electron chi connectivity index (χ3n) is 3.32. The van der Waals surface area contributed by atoms with Gasteiger partial charge in [-0.15, -0.1) is 0 Å². The summed E-state index contributed by atoms with van der Waals surface area (Å²) in [6, 6.07) is 7.49. The molecule has 1 aliphatic heterocycles. The summed E-state index contributed by atoms with van der Waals surface area (Å²) in [7, 11) is 0. The fraction of sp³-hybridized carbons (Fsp3) is 0.429. The molecule has 0 atom stereocenters. The van der Waals surface area contributed by atoms with E-state index in [2.05, 4.69) is 0 Å². The van der Waals surface area contributed by atoms with E-state index in [1.807, 2.05) is 45.0 Å². The Balaban J connectivity index is 2.33. The number of amides is 1. The number of ketones is 1. The van der Waals surface area contributed by atoms with Crippen molar-refractivity contribution in [3.05, 3.63) is 35.4 Å². The molecule has 90 valence electrons. The SMILES string of the molecule is Cc1ccccc1C(=O)N1CC(=O)CC1(C)C. The summed E-state index contributed by atoms with van der Waals surface area (Å²) in [5.41, 5.74) is 1.28. The predicted octanol–water partition coefficient (Wildman–Crippen LogP) is 2.19. The van der Waals surface area contributed by atoms with E-state index in [0.29, 0.717) is 12.0 Å². The number of benzene rings is 1. The van der Waals surface area contributed by atoms with Crippen molar-refractivity contribution in [2.75, 3.05) is 6.54 Å². The van der Waals surface area contributed by atoms with Crippen LogP contribution >= 0.6 is 0 Å². The molecule has 1 aliphatic rings. The first-order chi connectivity index (χ1) is 7.92. The van der Waals surface area contributed by atoms with Gasteiger partial charge in [-0.2, -0.15) is 0 Å². The summed E-state index contributed by atoms with van der Waals surface area (Å²) >= 11 is 0. The van der Waals surface area contributed by atoms with Crippen molar-refractivity contribution in [3.63, 3.8) is 0 Å². The van der Waals surface area contributed by atoms with Crippen LogP contribution in [-0.2, 0) is 4.79 Å². The van der Waals surface area contributed by atoms with Gasteiger partial charge in [0.15, 0.2) is 5.78 Å². The third-order valence-corrected chi connectivity index (χ3v) is 3.32. The largest absolute Gasteiger partial charge is 0.326 e. The highest BCUT2D eigenvalue weighted by atomic mass is 16.2. The van der Waals surface area contributed by atoms with Crippen LogP contribution in [0.4, 0.5) is 0 Å². The zero-order valence-electron chi connectivity index (χ0n) is 10.5. The Kier molecular flexibility index (Phi) is 2.77. The summed E-state index contributed by atoms with van der Waals surface area (Å²) in [5.74, 6) is 0.0934. The Morgan fingerprint density at radius 1 is 1.29 bits per heavy atom. The highest BCUT2D eigenvalue weighted by Gasteiger charge is 2.40. The summed E-state index contributed by atoms with van der Waals surface area (Å²) in [6.07, 6.45) is 0.449. The molecular formula is C14H17NO2. The van der Waals surface area contributed by atoms with Crippen LogP contribution in [0.3, 0.4) is 0 Å². The molecule has 0 aromatic heterocycles. The molecule has 3 heteroatoms. The van der Waals surface area contributed by atoms with Crippen molar-refractivity contribution in [2.45, 2.75) is 32.7 Å². The minimum Gasteiger partial charge on any atom is -0.326 e. The first-order valence-corrected chi connectivity index (χ1v) is 5.81. The molecule has 1 fully saturated rings. The van der Waals surface area contributed by atoms with Crippen LogP contribution in [0.5, 0.6) is 0 Å². The lowest BCUT2D eigenvalue weighted by atomic mass is 10.00. The molecule has 17 heavy (non-hydrogen) atoms. The van der Waals surface area contributed by atoms with E-state index in [1.165, 1.54) is 0 Å². The van der Waals surface area contributed by atoms with Gasteiger partial charge in [0.1, 0.15) is 0 Å². The van der Waals surface area contributed by atoms with Crippen LogP contribution in [-0.4, -0.2) is 28.7 Å². The normalized spacial score (nSPS) is 18.5. The minimum absolute atomic E-state index is 0.0426. The predicted molar refractivity (Wildman–Crippen MR) is 65.9 cm³/mol. The lowest BCUT2D eigenvalue weighted by Crippen LogP contribution is -2.42. The Morgan fingerprint density at radius 2 is 1.94 bits per heavy atom. The quantitative estimate of drug-likeness (QED) is 0.743.